The maximum absolute atomic E-state index is 11.5. The minimum atomic E-state index is -0.106. The van der Waals surface area contributed by atoms with Crippen molar-refractivity contribution in [2.45, 2.75) is 45.8 Å². The van der Waals surface area contributed by atoms with Crippen LogP contribution in [0.1, 0.15) is 45.3 Å². The number of nitrogens with zero attached hydrogens (tertiary/aromatic N) is 1. The Morgan fingerprint density at radius 2 is 1.90 bits per heavy atom. The molecule has 1 aromatic rings. The number of benzene rings is 1. The van der Waals surface area contributed by atoms with Crippen molar-refractivity contribution < 1.29 is 4.79 Å². The van der Waals surface area contributed by atoms with Gasteiger partial charge in [-0.1, -0.05) is 26.0 Å². The van der Waals surface area contributed by atoms with Crippen LogP contribution in [0.25, 0.3) is 0 Å². The lowest BCUT2D eigenvalue weighted by atomic mass is 10.1. The molecule has 2 fully saturated rings. The fourth-order valence-corrected chi connectivity index (χ4v) is 2.69. The van der Waals surface area contributed by atoms with E-state index < -0.39 is 0 Å². The summed E-state index contributed by atoms with van der Waals surface area (Å²) in [6.07, 6.45) is 2.51. The van der Waals surface area contributed by atoms with Gasteiger partial charge in [0.25, 0.3) is 0 Å². The fraction of sp³-hybridized carbons (Fsp3) is 0.562. The third-order valence-corrected chi connectivity index (χ3v) is 3.77. The smallest absolute Gasteiger partial charge is 0.238 e. The maximum Gasteiger partial charge on any atom is 0.238 e. The molecule has 2 aliphatic heterocycles. The molecule has 1 aromatic carbocycles. The molecule has 2 unspecified atom stereocenters. The highest BCUT2D eigenvalue weighted by molar-refractivity contribution is 5.83. The van der Waals surface area contributed by atoms with Crippen molar-refractivity contribution in [1.82, 2.24) is 10.6 Å². The van der Waals surface area contributed by atoms with E-state index in [2.05, 4.69) is 39.8 Å². The average Bonchev–Trinajstić information content (AvgIpc) is 3.12. The van der Waals surface area contributed by atoms with Gasteiger partial charge in [-0.05, 0) is 37.5 Å². The monoisotopic (exact) mass is 275 g/mol. The lowest BCUT2D eigenvalue weighted by Gasteiger charge is -2.20. The standard InChI is InChI=1S/C14H19N3O.C2H6/c1-10-14(18)16-13(15-10)11-5-4-6-12(9-11)17-7-2-3-8-17;1-2/h4-6,9-10,13,15H,2-3,7-8H2,1H3,(H,16,18);1-2H3. The zero-order valence-electron chi connectivity index (χ0n) is 12.6. The van der Waals surface area contributed by atoms with Gasteiger partial charge in [-0.15, -0.1) is 0 Å². The number of carbonyl (C=O) groups is 1. The average molecular weight is 275 g/mol. The predicted octanol–water partition coefficient (Wildman–Crippen LogP) is 2.42. The molecule has 4 heteroatoms. The largest absolute Gasteiger partial charge is 0.372 e. The first-order valence-electron chi connectivity index (χ1n) is 7.65. The topological polar surface area (TPSA) is 44.4 Å². The Balaban J connectivity index is 0.000000704. The van der Waals surface area contributed by atoms with Gasteiger partial charge in [0.1, 0.15) is 6.17 Å². The third kappa shape index (κ3) is 3.12. The molecule has 4 nitrogen and oxygen atoms in total. The Hall–Kier alpha value is -1.55. The molecule has 0 bridgehead atoms. The van der Waals surface area contributed by atoms with E-state index in [1.807, 2.05) is 20.8 Å². The molecule has 2 N–H and O–H groups in total. The summed E-state index contributed by atoms with van der Waals surface area (Å²) in [5.74, 6) is 0.0755. The van der Waals surface area contributed by atoms with Gasteiger partial charge in [0, 0.05) is 18.8 Å². The lowest BCUT2D eigenvalue weighted by Crippen LogP contribution is -2.24. The first-order valence-corrected chi connectivity index (χ1v) is 7.65. The highest BCUT2D eigenvalue weighted by atomic mass is 16.2. The van der Waals surface area contributed by atoms with Crippen LogP contribution in [0.4, 0.5) is 5.69 Å². The number of hydrogen-bond donors (Lipinski definition) is 2. The summed E-state index contributed by atoms with van der Waals surface area (Å²) in [5, 5.41) is 6.23. The Labute approximate surface area is 121 Å². The van der Waals surface area contributed by atoms with Gasteiger partial charge in [0.05, 0.1) is 6.04 Å². The van der Waals surface area contributed by atoms with Gasteiger partial charge in [0.15, 0.2) is 0 Å². The molecule has 2 heterocycles. The Kier molecular flexibility index (Phi) is 5.01. The molecule has 2 atom stereocenters. The van der Waals surface area contributed by atoms with E-state index in [-0.39, 0.29) is 18.1 Å². The summed E-state index contributed by atoms with van der Waals surface area (Å²) in [7, 11) is 0. The summed E-state index contributed by atoms with van der Waals surface area (Å²) >= 11 is 0. The predicted molar refractivity (Wildman–Crippen MR) is 82.7 cm³/mol. The van der Waals surface area contributed by atoms with E-state index in [0.717, 1.165) is 18.7 Å². The van der Waals surface area contributed by atoms with Gasteiger partial charge in [-0.2, -0.15) is 0 Å². The molecule has 0 saturated carbocycles. The van der Waals surface area contributed by atoms with Crippen molar-refractivity contribution in [3.8, 4) is 0 Å². The zero-order chi connectivity index (χ0) is 14.5. The summed E-state index contributed by atoms with van der Waals surface area (Å²) in [6, 6.07) is 8.36. The van der Waals surface area contributed by atoms with E-state index >= 15 is 0 Å². The Morgan fingerprint density at radius 1 is 1.20 bits per heavy atom. The number of rotatable bonds is 2. The molecule has 2 aliphatic rings. The first kappa shape index (κ1) is 14.9. The first-order chi connectivity index (χ1) is 9.74. The van der Waals surface area contributed by atoms with Crippen molar-refractivity contribution in [1.29, 1.82) is 0 Å². The van der Waals surface area contributed by atoms with Gasteiger partial charge >= 0.3 is 0 Å². The van der Waals surface area contributed by atoms with Gasteiger partial charge in [0.2, 0.25) is 5.91 Å². The quantitative estimate of drug-likeness (QED) is 0.871. The van der Waals surface area contributed by atoms with Crippen LogP contribution in [0.15, 0.2) is 24.3 Å². The van der Waals surface area contributed by atoms with E-state index in [0.29, 0.717) is 0 Å². The van der Waals surface area contributed by atoms with Crippen molar-refractivity contribution in [2.75, 3.05) is 18.0 Å². The second-order valence-corrected chi connectivity index (χ2v) is 5.12. The van der Waals surface area contributed by atoms with Crippen LogP contribution in [0.2, 0.25) is 0 Å². The van der Waals surface area contributed by atoms with Gasteiger partial charge in [-0.3, -0.25) is 10.1 Å². The van der Waals surface area contributed by atoms with Crippen molar-refractivity contribution >= 4 is 11.6 Å². The van der Waals surface area contributed by atoms with Crippen molar-refractivity contribution in [3.63, 3.8) is 0 Å². The molecule has 110 valence electrons. The number of anilines is 1. The Morgan fingerprint density at radius 3 is 2.50 bits per heavy atom. The number of carbonyl (C=O) groups excluding carboxylic acids is 1. The van der Waals surface area contributed by atoms with Crippen LogP contribution in [0.3, 0.4) is 0 Å². The molecule has 0 radical (unpaired) electrons. The Bertz CT molecular complexity index is 455. The minimum absolute atomic E-state index is 0.0462. The van der Waals surface area contributed by atoms with Crippen LogP contribution >= 0.6 is 0 Å². The van der Waals surface area contributed by atoms with Crippen molar-refractivity contribution in [3.05, 3.63) is 29.8 Å². The molecule has 0 spiro atoms. The molecule has 2 saturated heterocycles. The van der Waals surface area contributed by atoms with Gasteiger partial charge in [-0.25, -0.2) is 0 Å². The SMILES string of the molecule is CC.CC1NC(c2cccc(N3CCCC3)c2)NC1=O. The zero-order valence-corrected chi connectivity index (χ0v) is 12.6. The van der Waals surface area contributed by atoms with Crippen LogP contribution < -0.4 is 15.5 Å². The van der Waals surface area contributed by atoms with Gasteiger partial charge < -0.3 is 10.2 Å². The summed E-state index contributed by atoms with van der Waals surface area (Å²) in [4.78, 5) is 13.9. The number of amides is 1. The lowest BCUT2D eigenvalue weighted by molar-refractivity contribution is -0.120. The minimum Gasteiger partial charge on any atom is -0.372 e. The molecular formula is C16H25N3O. The molecule has 20 heavy (non-hydrogen) atoms. The molecular weight excluding hydrogens is 250 g/mol. The molecule has 0 aromatic heterocycles. The third-order valence-electron chi connectivity index (χ3n) is 3.77. The van der Waals surface area contributed by atoms with Crippen LogP contribution in [0.5, 0.6) is 0 Å². The number of nitrogens with one attached hydrogen (secondary N) is 2. The molecule has 0 aliphatic carbocycles. The highest BCUT2D eigenvalue weighted by Crippen LogP contribution is 2.24. The molecule has 1 amide bonds. The summed E-state index contributed by atoms with van der Waals surface area (Å²) in [6.45, 7) is 8.17. The van der Waals surface area contributed by atoms with E-state index in [4.69, 9.17) is 0 Å². The van der Waals surface area contributed by atoms with Crippen LogP contribution in [0, 0.1) is 0 Å². The summed E-state index contributed by atoms with van der Waals surface area (Å²) in [5.41, 5.74) is 2.40. The van der Waals surface area contributed by atoms with E-state index in [9.17, 15) is 4.79 Å². The second-order valence-electron chi connectivity index (χ2n) is 5.12. The van der Waals surface area contributed by atoms with Crippen LogP contribution in [-0.2, 0) is 4.79 Å². The van der Waals surface area contributed by atoms with E-state index in [1.165, 1.54) is 18.5 Å². The fourth-order valence-electron chi connectivity index (χ4n) is 2.69. The normalized spacial score (nSPS) is 25.1. The molecule has 3 rings (SSSR count). The number of hydrogen-bond acceptors (Lipinski definition) is 3. The highest BCUT2D eigenvalue weighted by Gasteiger charge is 2.28. The maximum atomic E-state index is 11.5. The second kappa shape index (κ2) is 6.75. The summed E-state index contributed by atoms with van der Waals surface area (Å²) < 4.78 is 0. The van der Waals surface area contributed by atoms with Crippen molar-refractivity contribution in [2.24, 2.45) is 0 Å². The van der Waals surface area contributed by atoms with Crippen LogP contribution in [-0.4, -0.2) is 25.0 Å². The van der Waals surface area contributed by atoms with E-state index in [1.54, 1.807) is 0 Å².